The summed E-state index contributed by atoms with van der Waals surface area (Å²) in [6, 6.07) is 14.1. The largest absolute Gasteiger partial charge is 0.465 e. The van der Waals surface area contributed by atoms with Gasteiger partial charge in [0.05, 0.1) is 18.4 Å². The quantitative estimate of drug-likeness (QED) is 0.315. The molecule has 0 fully saturated rings. The van der Waals surface area contributed by atoms with E-state index >= 15 is 0 Å². The number of hydrogen-bond acceptors (Lipinski definition) is 7. The topological polar surface area (TPSA) is 94.3 Å². The van der Waals surface area contributed by atoms with E-state index in [9.17, 15) is 9.59 Å². The summed E-state index contributed by atoms with van der Waals surface area (Å²) in [6.45, 7) is 0. The number of carbonyl (C=O) groups excluding carboxylic acids is 2. The van der Waals surface area contributed by atoms with E-state index in [1.165, 1.54) is 7.11 Å². The van der Waals surface area contributed by atoms with E-state index in [1.54, 1.807) is 24.3 Å². The maximum atomic E-state index is 12.1. The highest BCUT2D eigenvalue weighted by Crippen LogP contribution is 2.24. The molecular weight excluding hydrogens is 481 g/mol. The first kappa shape index (κ1) is 19.4. The van der Waals surface area contributed by atoms with Crippen LogP contribution in [0.4, 0.5) is 5.69 Å². The lowest BCUT2D eigenvalue weighted by molar-refractivity contribution is -0.113. The number of nitrogens with zero attached hydrogens (tertiary/aromatic N) is 2. The van der Waals surface area contributed by atoms with E-state index in [-0.39, 0.29) is 11.7 Å². The number of methoxy groups -OCH3 is 1. The Morgan fingerprint density at radius 1 is 1.11 bits per heavy atom. The van der Waals surface area contributed by atoms with E-state index in [1.807, 2.05) is 24.3 Å². The molecule has 138 valence electrons. The number of thioether (sulfide) groups is 1. The van der Waals surface area contributed by atoms with Crippen molar-refractivity contribution < 1.29 is 18.7 Å². The number of rotatable bonds is 6. The van der Waals surface area contributed by atoms with Crippen LogP contribution in [0.3, 0.4) is 0 Å². The Morgan fingerprint density at radius 2 is 1.81 bits per heavy atom. The molecule has 0 saturated carbocycles. The number of esters is 1. The highest BCUT2D eigenvalue weighted by atomic mass is 127. The van der Waals surface area contributed by atoms with Crippen molar-refractivity contribution in [3.05, 3.63) is 57.7 Å². The van der Waals surface area contributed by atoms with Crippen LogP contribution < -0.4 is 5.32 Å². The van der Waals surface area contributed by atoms with Crippen LogP contribution in [0.2, 0.25) is 0 Å². The van der Waals surface area contributed by atoms with Crippen molar-refractivity contribution in [1.82, 2.24) is 10.2 Å². The molecule has 1 heterocycles. The van der Waals surface area contributed by atoms with Gasteiger partial charge in [0.1, 0.15) is 0 Å². The number of hydrogen-bond donors (Lipinski definition) is 1. The van der Waals surface area contributed by atoms with Crippen molar-refractivity contribution in [2.45, 2.75) is 5.22 Å². The molecule has 1 aromatic heterocycles. The van der Waals surface area contributed by atoms with E-state index in [0.29, 0.717) is 22.4 Å². The van der Waals surface area contributed by atoms with Crippen molar-refractivity contribution in [1.29, 1.82) is 0 Å². The van der Waals surface area contributed by atoms with Gasteiger partial charge >= 0.3 is 5.97 Å². The molecule has 0 spiro atoms. The minimum absolute atomic E-state index is 0.118. The SMILES string of the molecule is COC(=O)c1ccc(NC(=O)CSc2nnc(-c3ccc(I)cc3)o2)cc1. The van der Waals surface area contributed by atoms with Gasteiger partial charge in [-0.25, -0.2) is 4.79 Å². The molecule has 1 N–H and O–H groups in total. The summed E-state index contributed by atoms with van der Waals surface area (Å²) in [7, 11) is 1.32. The minimum atomic E-state index is -0.427. The summed E-state index contributed by atoms with van der Waals surface area (Å²) in [4.78, 5) is 23.5. The first-order chi connectivity index (χ1) is 13.0. The molecule has 0 bridgehead atoms. The minimum Gasteiger partial charge on any atom is -0.465 e. The number of halogens is 1. The van der Waals surface area contributed by atoms with Gasteiger partial charge in [0.2, 0.25) is 11.8 Å². The lowest BCUT2D eigenvalue weighted by Gasteiger charge is -2.05. The summed E-state index contributed by atoms with van der Waals surface area (Å²) in [6.07, 6.45) is 0. The van der Waals surface area contributed by atoms with Gasteiger partial charge in [0.25, 0.3) is 5.22 Å². The Labute approximate surface area is 173 Å². The van der Waals surface area contributed by atoms with E-state index in [0.717, 1.165) is 20.9 Å². The van der Waals surface area contributed by atoms with Crippen LogP contribution in [-0.2, 0) is 9.53 Å². The lowest BCUT2D eigenvalue weighted by atomic mass is 10.2. The molecule has 3 aromatic rings. The zero-order valence-electron chi connectivity index (χ0n) is 14.1. The zero-order chi connectivity index (χ0) is 19.2. The van der Waals surface area contributed by atoms with Crippen molar-refractivity contribution in [2.24, 2.45) is 0 Å². The van der Waals surface area contributed by atoms with E-state index < -0.39 is 5.97 Å². The number of carbonyl (C=O) groups is 2. The third-order valence-electron chi connectivity index (χ3n) is 3.41. The Hall–Kier alpha value is -2.40. The van der Waals surface area contributed by atoms with Crippen molar-refractivity contribution in [2.75, 3.05) is 18.2 Å². The van der Waals surface area contributed by atoms with Gasteiger partial charge in [-0.1, -0.05) is 11.8 Å². The Kier molecular flexibility index (Phi) is 6.45. The summed E-state index contributed by atoms with van der Waals surface area (Å²) < 4.78 is 11.3. The normalized spacial score (nSPS) is 10.4. The number of amides is 1. The summed E-state index contributed by atoms with van der Waals surface area (Å²) >= 11 is 3.37. The highest BCUT2D eigenvalue weighted by Gasteiger charge is 2.12. The number of anilines is 1. The predicted octanol–water partition coefficient (Wildman–Crippen LogP) is 3.86. The summed E-state index contributed by atoms with van der Waals surface area (Å²) in [5.74, 6) is -0.121. The molecule has 9 heteroatoms. The van der Waals surface area contributed by atoms with Crippen LogP contribution in [0.1, 0.15) is 10.4 Å². The lowest BCUT2D eigenvalue weighted by Crippen LogP contribution is -2.14. The Balaban J connectivity index is 1.53. The second kappa shape index (κ2) is 9.00. The fourth-order valence-electron chi connectivity index (χ4n) is 2.11. The monoisotopic (exact) mass is 495 g/mol. The number of ether oxygens (including phenoxy) is 1. The van der Waals surface area contributed by atoms with Crippen molar-refractivity contribution in [3.8, 4) is 11.5 Å². The molecule has 0 saturated heterocycles. The Bertz CT molecular complexity index is 942. The number of benzene rings is 2. The average molecular weight is 495 g/mol. The third-order valence-corrected chi connectivity index (χ3v) is 4.95. The molecule has 0 aliphatic heterocycles. The van der Waals surface area contributed by atoms with Gasteiger partial charge in [0.15, 0.2) is 0 Å². The standard InChI is InChI=1S/C18H14IN3O4S/c1-25-17(24)12-4-8-14(9-5-12)20-15(23)10-27-18-22-21-16(26-18)11-2-6-13(19)7-3-11/h2-9H,10H2,1H3,(H,20,23). The van der Waals surface area contributed by atoms with Crippen LogP contribution in [0, 0.1) is 3.57 Å². The zero-order valence-corrected chi connectivity index (χ0v) is 17.1. The van der Waals surface area contributed by atoms with Crippen LogP contribution in [0.15, 0.2) is 58.2 Å². The molecule has 27 heavy (non-hydrogen) atoms. The van der Waals surface area contributed by atoms with Gasteiger partial charge < -0.3 is 14.5 Å². The molecule has 0 radical (unpaired) electrons. The highest BCUT2D eigenvalue weighted by molar-refractivity contribution is 14.1. The van der Waals surface area contributed by atoms with Gasteiger partial charge in [-0.3, -0.25) is 4.79 Å². The van der Waals surface area contributed by atoms with Crippen molar-refractivity contribution in [3.63, 3.8) is 0 Å². The smallest absolute Gasteiger partial charge is 0.337 e. The summed E-state index contributed by atoms with van der Waals surface area (Å²) in [5.41, 5.74) is 1.82. The third kappa shape index (κ3) is 5.30. The fraction of sp³-hybridized carbons (Fsp3) is 0.111. The molecule has 0 aliphatic rings. The molecule has 7 nitrogen and oxygen atoms in total. The molecule has 2 aromatic carbocycles. The van der Waals surface area contributed by atoms with Gasteiger partial charge in [-0.2, -0.15) is 0 Å². The second-order valence-electron chi connectivity index (χ2n) is 5.29. The molecular formula is C18H14IN3O4S. The number of nitrogens with one attached hydrogen (secondary N) is 1. The number of aromatic nitrogens is 2. The molecule has 3 rings (SSSR count). The van der Waals surface area contributed by atoms with Gasteiger partial charge in [0, 0.05) is 14.8 Å². The van der Waals surface area contributed by atoms with Crippen LogP contribution in [-0.4, -0.2) is 34.9 Å². The second-order valence-corrected chi connectivity index (χ2v) is 7.46. The predicted molar refractivity (Wildman–Crippen MR) is 110 cm³/mol. The Morgan fingerprint density at radius 3 is 2.48 bits per heavy atom. The van der Waals surface area contributed by atoms with Gasteiger partial charge in [-0.05, 0) is 71.1 Å². The van der Waals surface area contributed by atoms with Crippen LogP contribution in [0.5, 0.6) is 0 Å². The summed E-state index contributed by atoms with van der Waals surface area (Å²) in [5, 5.41) is 11.0. The van der Waals surface area contributed by atoms with Crippen molar-refractivity contribution >= 4 is 51.9 Å². The average Bonchev–Trinajstić information content (AvgIpc) is 3.16. The first-order valence-corrected chi connectivity index (χ1v) is 9.82. The molecule has 1 amide bonds. The molecule has 0 aliphatic carbocycles. The maximum absolute atomic E-state index is 12.1. The first-order valence-electron chi connectivity index (χ1n) is 7.75. The fourth-order valence-corrected chi connectivity index (χ4v) is 3.03. The molecule has 0 unspecified atom stereocenters. The van der Waals surface area contributed by atoms with Gasteiger partial charge in [-0.15, -0.1) is 10.2 Å². The molecule has 0 atom stereocenters. The van der Waals surface area contributed by atoms with E-state index in [2.05, 4.69) is 42.8 Å². The maximum Gasteiger partial charge on any atom is 0.337 e. The van der Waals surface area contributed by atoms with Crippen LogP contribution in [0.25, 0.3) is 11.5 Å². The van der Waals surface area contributed by atoms with Crippen LogP contribution >= 0.6 is 34.4 Å². The van der Waals surface area contributed by atoms with E-state index in [4.69, 9.17) is 4.42 Å².